The van der Waals surface area contributed by atoms with Crippen LogP contribution in [0.1, 0.15) is 18.4 Å². The molecule has 164 valence electrons. The Kier molecular flexibility index (Phi) is 5.28. The van der Waals surface area contributed by atoms with Crippen molar-refractivity contribution in [2.75, 3.05) is 26.2 Å². The van der Waals surface area contributed by atoms with E-state index in [1.54, 1.807) is 4.90 Å². The summed E-state index contributed by atoms with van der Waals surface area (Å²) in [7, 11) is 0. The van der Waals surface area contributed by atoms with Gasteiger partial charge in [0, 0.05) is 37.2 Å². The molecule has 3 aliphatic carbocycles. The summed E-state index contributed by atoms with van der Waals surface area (Å²) in [6.45, 7) is 2.65. The number of carbonyl (C=O) groups excluding carboxylic acids is 3. The molecule has 5 rings (SSSR count). The lowest BCUT2D eigenvalue weighted by Crippen LogP contribution is -2.45. The van der Waals surface area contributed by atoms with Crippen molar-refractivity contribution in [2.24, 2.45) is 29.1 Å². The monoisotopic (exact) mass is 486 g/mol. The molecule has 3 fully saturated rings. The number of rotatable bonds is 7. The average molecular weight is 487 g/mol. The highest BCUT2D eigenvalue weighted by Gasteiger charge is 2.69. The predicted octanol–water partition coefficient (Wildman–Crippen LogP) is 2.04. The SMILES string of the molecule is O=C(NCCN1CCNC1=O)[C@H]1[C@H](C(=O)NCc2ccc(Br)cc2)[C@@H]2C=C[C@H]1C21CC1. The van der Waals surface area contributed by atoms with Gasteiger partial charge in [0.25, 0.3) is 0 Å². The minimum atomic E-state index is -0.338. The maximum atomic E-state index is 13.2. The Balaban J connectivity index is 1.24. The number of carbonyl (C=O) groups is 3. The number of amides is 4. The number of allylic oxidation sites excluding steroid dienone is 2. The van der Waals surface area contributed by atoms with Crippen LogP contribution < -0.4 is 16.0 Å². The molecule has 2 saturated carbocycles. The highest BCUT2D eigenvalue weighted by atomic mass is 79.9. The van der Waals surface area contributed by atoms with Gasteiger partial charge in [-0.15, -0.1) is 0 Å². The van der Waals surface area contributed by atoms with Gasteiger partial charge < -0.3 is 20.9 Å². The van der Waals surface area contributed by atoms with Gasteiger partial charge in [0.15, 0.2) is 0 Å². The van der Waals surface area contributed by atoms with E-state index in [1.165, 1.54) is 0 Å². The van der Waals surface area contributed by atoms with Crippen LogP contribution in [-0.4, -0.2) is 48.9 Å². The largest absolute Gasteiger partial charge is 0.354 e. The molecule has 0 radical (unpaired) electrons. The summed E-state index contributed by atoms with van der Waals surface area (Å²) in [4.78, 5) is 39.8. The summed E-state index contributed by atoms with van der Waals surface area (Å²) >= 11 is 3.43. The van der Waals surface area contributed by atoms with Gasteiger partial charge >= 0.3 is 6.03 Å². The molecule has 4 atom stereocenters. The van der Waals surface area contributed by atoms with Gasteiger partial charge in [0.2, 0.25) is 11.8 Å². The highest BCUT2D eigenvalue weighted by molar-refractivity contribution is 9.10. The number of nitrogens with zero attached hydrogens (tertiary/aromatic N) is 1. The van der Waals surface area contributed by atoms with Crippen LogP contribution in [0.2, 0.25) is 0 Å². The first-order valence-electron chi connectivity index (χ1n) is 11.0. The second-order valence-corrected chi connectivity index (χ2v) is 9.99. The Hall–Kier alpha value is -2.35. The van der Waals surface area contributed by atoms with Crippen LogP contribution >= 0.6 is 15.9 Å². The number of nitrogens with one attached hydrogen (secondary N) is 3. The van der Waals surface area contributed by atoms with Crippen LogP contribution in [0.5, 0.6) is 0 Å². The number of benzene rings is 1. The zero-order valence-corrected chi connectivity index (χ0v) is 18.9. The van der Waals surface area contributed by atoms with Gasteiger partial charge in [-0.3, -0.25) is 9.59 Å². The molecule has 1 aromatic rings. The Morgan fingerprint density at radius 2 is 1.71 bits per heavy atom. The van der Waals surface area contributed by atoms with Crippen LogP contribution in [-0.2, 0) is 16.1 Å². The third-order valence-electron chi connectivity index (χ3n) is 7.45. The Bertz CT molecular complexity index is 927. The van der Waals surface area contributed by atoms with Crippen molar-refractivity contribution < 1.29 is 14.4 Å². The average Bonchev–Trinajstić information content (AvgIpc) is 3.26. The number of hydrogen-bond acceptors (Lipinski definition) is 3. The Morgan fingerprint density at radius 1 is 1.06 bits per heavy atom. The number of halogens is 1. The summed E-state index contributed by atoms with van der Waals surface area (Å²) in [5, 5.41) is 8.85. The standard InChI is InChI=1S/C23H27BrN4O3/c24-15-3-1-14(2-4-15)13-27-21(30)19-17-6-5-16(23(17)7-8-23)18(19)20(29)25-9-11-28-12-10-26-22(28)31/h1-6,16-19H,7-13H2,(H,25,29)(H,26,31)(H,27,30)/t16-,17+,18-,19-/m1/s1. The summed E-state index contributed by atoms with van der Waals surface area (Å²) in [6, 6.07) is 7.78. The second kappa shape index (κ2) is 7.97. The molecule has 0 unspecified atom stereocenters. The normalized spacial score (nSPS) is 29.3. The van der Waals surface area contributed by atoms with E-state index in [0.29, 0.717) is 32.7 Å². The molecule has 3 N–H and O–H groups in total. The third kappa shape index (κ3) is 3.64. The van der Waals surface area contributed by atoms with Gasteiger partial charge in [-0.05, 0) is 47.8 Å². The molecule has 1 aliphatic heterocycles. The van der Waals surface area contributed by atoms with Gasteiger partial charge in [-0.25, -0.2) is 4.79 Å². The molecule has 2 bridgehead atoms. The molecule has 4 aliphatic rings. The van der Waals surface area contributed by atoms with Crippen molar-refractivity contribution in [3.63, 3.8) is 0 Å². The molecule has 1 aromatic carbocycles. The van der Waals surface area contributed by atoms with E-state index in [2.05, 4.69) is 44.0 Å². The van der Waals surface area contributed by atoms with Crippen molar-refractivity contribution in [1.82, 2.24) is 20.9 Å². The smallest absolute Gasteiger partial charge is 0.317 e. The molecule has 1 heterocycles. The van der Waals surface area contributed by atoms with Gasteiger partial charge in [-0.2, -0.15) is 0 Å². The molecule has 1 spiro atoms. The van der Waals surface area contributed by atoms with Crippen molar-refractivity contribution >= 4 is 33.8 Å². The van der Waals surface area contributed by atoms with Crippen LogP contribution in [0.25, 0.3) is 0 Å². The zero-order valence-electron chi connectivity index (χ0n) is 17.3. The first kappa shape index (κ1) is 20.5. The van der Waals surface area contributed by atoms with E-state index in [1.807, 2.05) is 24.3 Å². The fraction of sp³-hybridized carbons (Fsp3) is 0.522. The van der Waals surface area contributed by atoms with E-state index in [4.69, 9.17) is 0 Å². The predicted molar refractivity (Wildman–Crippen MR) is 119 cm³/mol. The van der Waals surface area contributed by atoms with Crippen LogP contribution in [0.15, 0.2) is 40.9 Å². The van der Waals surface area contributed by atoms with Crippen molar-refractivity contribution in [3.05, 3.63) is 46.5 Å². The van der Waals surface area contributed by atoms with Crippen LogP contribution in [0.4, 0.5) is 4.79 Å². The van der Waals surface area contributed by atoms with Crippen molar-refractivity contribution in [2.45, 2.75) is 19.4 Å². The summed E-state index contributed by atoms with van der Waals surface area (Å²) in [5.74, 6) is -0.493. The van der Waals surface area contributed by atoms with E-state index >= 15 is 0 Å². The Morgan fingerprint density at radius 3 is 2.29 bits per heavy atom. The number of hydrogen-bond donors (Lipinski definition) is 3. The van der Waals surface area contributed by atoms with E-state index in [9.17, 15) is 14.4 Å². The molecule has 4 amide bonds. The summed E-state index contributed by atoms with van der Waals surface area (Å²) in [6.07, 6.45) is 6.50. The summed E-state index contributed by atoms with van der Waals surface area (Å²) in [5.41, 5.74) is 1.14. The maximum absolute atomic E-state index is 13.2. The van der Waals surface area contributed by atoms with Crippen LogP contribution in [0.3, 0.4) is 0 Å². The van der Waals surface area contributed by atoms with E-state index in [0.717, 1.165) is 22.9 Å². The molecule has 1 saturated heterocycles. The third-order valence-corrected chi connectivity index (χ3v) is 7.98. The van der Waals surface area contributed by atoms with Crippen LogP contribution in [0, 0.1) is 29.1 Å². The minimum Gasteiger partial charge on any atom is -0.354 e. The first-order chi connectivity index (χ1) is 15.0. The lowest BCUT2D eigenvalue weighted by molar-refractivity contribution is -0.135. The minimum absolute atomic E-state index is 0.0369. The fourth-order valence-corrected chi connectivity index (χ4v) is 6.04. The van der Waals surface area contributed by atoms with Gasteiger partial charge in [0.1, 0.15) is 0 Å². The van der Waals surface area contributed by atoms with Gasteiger partial charge in [-0.1, -0.05) is 40.2 Å². The second-order valence-electron chi connectivity index (χ2n) is 9.08. The summed E-state index contributed by atoms with van der Waals surface area (Å²) < 4.78 is 1.000. The Labute approximate surface area is 190 Å². The van der Waals surface area contributed by atoms with E-state index < -0.39 is 0 Å². The molecule has 0 aromatic heterocycles. The molecule has 8 heteroatoms. The molecule has 31 heavy (non-hydrogen) atoms. The van der Waals surface area contributed by atoms with Crippen molar-refractivity contribution in [3.8, 4) is 0 Å². The molecular formula is C23H27BrN4O3. The highest BCUT2D eigenvalue weighted by Crippen LogP contribution is 2.72. The fourth-order valence-electron chi connectivity index (χ4n) is 5.78. The lowest BCUT2D eigenvalue weighted by atomic mass is 9.81. The lowest BCUT2D eigenvalue weighted by Gasteiger charge is -2.26. The van der Waals surface area contributed by atoms with Crippen molar-refractivity contribution in [1.29, 1.82) is 0 Å². The van der Waals surface area contributed by atoms with E-state index in [-0.39, 0.29) is 46.9 Å². The zero-order chi connectivity index (χ0) is 21.6. The maximum Gasteiger partial charge on any atom is 0.317 e. The van der Waals surface area contributed by atoms with Gasteiger partial charge in [0.05, 0.1) is 11.8 Å². The number of urea groups is 1. The topological polar surface area (TPSA) is 90.5 Å². The quantitative estimate of drug-likeness (QED) is 0.515. The molecular weight excluding hydrogens is 460 g/mol. The first-order valence-corrected chi connectivity index (χ1v) is 11.8. The molecule has 7 nitrogen and oxygen atoms in total.